The number of rotatable bonds is 6. The summed E-state index contributed by atoms with van der Waals surface area (Å²) in [6, 6.07) is 11.3. The van der Waals surface area contributed by atoms with Gasteiger partial charge in [-0.3, -0.25) is 14.5 Å². The van der Waals surface area contributed by atoms with Crippen molar-refractivity contribution in [3.05, 3.63) is 69.3 Å². The summed E-state index contributed by atoms with van der Waals surface area (Å²) < 4.78 is 0. The number of nitrogens with zero attached hydrogens (tertiary/aromatic N) is 4. The molecule has 8 nitrogen and oxygen atoms in total. The number of carbonyl (C=O) groups excluding carboxylic acids is 2. The maximum atomic E-state index is 13.2. The number of aromatic nitrogens is 2. The van der Waals surface area contributed by atoms with Gasteiger partial charge in [0.05, 0.1) is 33.6 Å². The zero-order valence-electron chi connectivity index (χ0n) is 21.1. The van der Waals surface area contributed by atoms with Crippen LogP contribution in [0.25, 0.3) is 0 Å². The maximum Gasteiger partial charge on any atom is 0.263 e. The Balaban J connectivity index is 1.39. The molecule has 0 unspecified atom stereocenters. The lowest BCUT2D eigenvalue weighted by Gasteiger charge is -2.28. The molecular weight excluding hydrogens is 543 g/mol. The predicted molar refractivity (Wildman–Crippen MR) is 153 cm³/mol. The number of piperidine rings is 1. The third-order valence-electron chi connectivity index (χ3n) is 6.79. The minimum Gasteiger partial charge on any atom is -0.349 e. The van der Waals surface area contributed by atoms with Crippen LogP contribution in [-0.2, 0) is 11.2 Å². The molecule has 2 N–H and O–H groups in total. The van der Waals surface area contributed by atoms with Crippen molar-refractivity contribution in [2.45, 2.75) is 30.2 Å². The van der Waals surface area contributed by atoms with Crippen molar-refractivity contribution in [3.63, 3.8) is 0 Å². The Labute approximate surface area is 236 Å². The van der Waals surface area contributed by atoms with E-state index in [1.165, 1.54) is 23.5 Å². The summed E-state index contributed by atoms with van der Waals surface area (Å²) in [6.07, 6.45) is 3.95. The maximum absolute atomic E-state index is 13.2. The van der Waals surface area contributed by atoms with Crippen LogP contribution in [0.5, 0.6) is 0 Å². The van der Waals surface area contributed by atoms with E-state index < -0.39 is 0 Å². The highest BCUT2D eigenvalue weighted by atomic mass is 35.5. The molecule has 1 fully saturated rings. The molecule has 1 aromatic heterocycles. The first-order chi connectivity index (χ1) is 18.3. The molecule has 0 radical (unpaired) electrons. The molecule has 0 atom stereocenters. The summed E-state index contributed by atoms with van der Waals surface area (Å²) >= 11 is 14.1. The fourth-order valence-corrected chi connectivity index (χ4v) is 6.29. The van der Waals surface area contributed by atoms with Gasteiger partial charge in [0.1, 0.15) is 5.03 Å². The number of carbonyl (C=O) groups is 2. The molecule has 198 valence electrons. The molecule has 11 heteroatoms. The second kappa shape index (κ2) is 11.5. The number of para-hydroxylation sites is 1. The lowest BCUT2D eigenvalue weighted by Crippen LogP contribution is -2.35. The number of hydrogen-bond donors (Lipinski definition) is 2. The average molecular weight is 572 g/mol. The van der Waals surface area contributed by atoms with E-state index in [0.717, 1.165) is 37.2 Å². The summed E-state index contributed by atoms with van der Waals surface area (Å²) in [7, 11) is 3.55. The van der Waals surface area contributed by atoms with Crippen molar-refractivity contribution in [1.82, 2.24) is 20.2 Å². The van der Waals surface area contributed by atoms with Crippen molar-refractivity contribution in [1.29, 1.82) is 0 Å². The number of halogens is 2. The fraction of sp³-hybridized carbons (Fsp3) is 0.333. The number of nitrogens with one attached hydrogen (secondary N) is 2. The van der Waals surface area contributed by atoms with E-state index >= 15 is 0 Å². The number of hydrogen-bond acceptors (Lipinski definition) is 7. The van der Waals surface area contributed by atoms with Gasteiger partial charge in [-0.1, -0.05) is 47.1 Å². The van der Waals surface area contributed by atoms with E-state index in [2.05, 4.69) is 26.7 Å². The van der Waals surface area contributed by atoms with Crippen molar-refractivity contribution in [3.8, 4) is 0 Å². The van der Waals surface area contributed by atoms with Crippen LogP contribution in [0.15, 0.2) is 47.6 Å². The second-order valence-corrected chi connectivity index (χ2v) is 11.3. The zero-order valence-corrected chi connectivity index (χ0v) is 23.5. The van der Waals surface area contributed by atoms with Crippen molar-refractivity contribution >= 4 is 64.1 Å². The van der Waals surface area contributed by atoms with E-state index in [1.807, 2.05) is 12.1 Å². The van der Waals surface area contributed by atoms with Crippen molar-refractivity contribution in [2.75, 3.05) is 43.3 Å². The molecule has 2 amide bonds. The van der Waals surface area contributed by atoms with Crippen LogP contribution in [0.2, 0.25) is 10.0 Å². The molecular formula is C27H28Cl2N6O2S. The van der Waals surface area contributed by atoms with Gasteiger partial charge in [0.2, 0.25) is 11.9 Å². The molecule has 38 heavy (non-hydrogen) atoms. The van der Waals surface area contributed by atoms with Crippen LogP contribution < -0.4 is 15.5 Å². The molecule has 0 aliphatic carbocycles. The molecule has 1 saturated heterocycles. The van der Waals surface area contributed by atoms with Gasteiger partial charge in [-0.05, 0) is 67.2 Å². The van der Waals surface area contributed by atoms with Gasteiger partial charge < -0.3 is 15.5 Å². The monoisotopic (exact) mass is 570 g/mol. The van der Waals surface area contributed by atoms with E-state index in [0.29, 0.717) is 50.5 Å². The van der Waals surface area contributed by atoms with E-state index in [4.69, 9.17) is 23.2 Å². The van der Waals surface area contributed by atoms with Crippen molar-refractivity contribution < 1.29 is 9.59 Å². The van der Waals surface area contributed by atoms with Gasteiger partial charge in [-0.15, -0.1) is 0 Å². The van der Waals surface area contributed by atoms with Crippen LogP contribution in [0.1, 0.15) is 40.2 Å². The molecule has 3 heterocycles. The number of thioether (sulfide) groups is 1. The standard InChI is InChI=1S/C27H28Cl2N6O2S/c1-34(2)23(36)13-17-12-18(6-7-19(17)16-8-10-30-11-9-16)32-27-31-14-20-25(33-27)38-15-35(26(20)37)24-21(28)4-3-5-22(24)29/h3-7,12,14,16,30H,8-11,13,15H2,1-2H3,(H,31,32,33). The predicted octanol–water partition coefficient (Wildman–Crippen LogP) is 5.33. The lowest BCUT2D eigenvalue weighted by atomic mass is 9.86. The Hall–Kier alpha value is -2.85. The van der Waals surface area contributed by atoms with E-state index in [9.17, 15) is 9.59 Å². The summed E-state index contributed by atoms with van der Waals surface area (Å²) in [5.74, 6) is 0.935. The van der Waals surface area contributed by atoms with Crippen LogP contribution in [0.3, 0.4) is 0 Å². The number of benzene rings is 2. The Morgan fingerprint density at radius 3 is 2.63 bits per heavy atom. The first-order valence-corrected chi connectivity index (χ1v) is 14.1. The number of amides is 2. The Kier molecular flexibility index (Phi) is 8.09. The highest BCUT2D eigenvalue weighted by Crippen LogP contribution is 2.39. The first-order valence-electron chi connectivity index (χ1n) is 12.4. The summed E-state index contributed by atoms with van der Waals surface area (Å²) in [5, 5.41) is 8.07. The Bertz CT molecular complexity index is 1360. The first kappa shape index (κ1) is 26.7. The average Bonchev–Trinajstić information content (AvgIpc) is 2.90. The van der Waals surface area contributed by atoms with Gasteiger partial charge in [-0.2, -0.15) is 0 Å². The van der Waals surface area contributed by atoms with Crippen LogP contribution >= 0.6 is 35.0 Å². The summed E-state index contributed by atoms with van der Waals surface area (Å²) in [5.41, 5.74) is 3.89. The Morgan fingerprint density at radius 1 is 1.18 bits per heavy atom. The quantitative estimate of drug-likeness (QED) is 0.387. The third-order valence-corrected chi connectivity index (χ3v) is 8.37. The van der Waals surface area contributed by atoms with Crippen LogP contribution in [-0.4, -0.2) is 59.7 Å². The van der Waals surface area contributed by atoms with Gasteiger partial charge in [0.25, 0.3) is 5.91 Å². The van der Waals surface area contributed by atoms with Gasteiger partial charge in [0, 0.05) is 26.0 Å². The normalized spacial score (nSPS) is 15.8. The summed E-state index contributed by atoms with van der Waals surface area (Å²) in [4.78, 5) is 38.0. The molecule has 2 aliphatic heterocycles. The van der Waals surface area contributed by atoms with Crippen LogP contribution in [0.4, 0.5) is 17.3 Å². The fourth-order valence-electron chi connectivity index (χ4n) is 4.74. The minimum absolute atomic E-state index is 0.0560. The van der Waals surface area contributed by atoms with E-state index in [1.54, 1.807) is 42.1 Å². The number of fused-ring (bicyclic) bond motifs is 1. The molecule has 5 rings (SSSR count). The van der Waals surface area contributed by atoms with Gasteiger partial charge in [0.15, 0.2) is 0 Å². The smallest absolute Gasteiger partial charge is 0.263 e. The molecule has 0 bridgehead atoms. The second-order valence-electron chi connectivity index (χ2n) is 9.52. The summed E-state index contributed by atoms with van der Waals surface area (Å²) in [6.45, 7) is 1.95. The van der Waals surface area contributed by atoms with Gasteiger partial charge in [-0.25, -0.2) is 9.97 Å². The largest absolute Gasteiger partial charge is 0.349 e. The molecule has 2 aromatic carbocycles. The molecule has 0 saturated carbocycles. The minimum atomic E-state index is -0.254. The number of anilines is 3. The molecule has 2 aliphatic rings. The van der Waals surface area contributed by atoms with Crippen LogP contribution in [0, 0.1) is 0 Å². The highest BCUT2D eigenvalue weighted by molar-refractivity contribution is 7.99. The van der Waals surface area contributed by atoms with E-state index in [-0.39, 0.29) is 11.8 Å². The lowest BCUT2D eigenvalue weighted by molar-refractivity contribution is -0.127. The molecule has 0 spiro atoms. The third kappa shape index (κ3) is 5.61. The van der Waals surface area contributed by atoms with Crippen molar-refractivity contribution in [2.24, 2.45) is 0 Å². The zero-order chi connectivity index (χ0) is 26.8. The molecule has 3 aromatic rings. The SMILES string of the molecule is CN(C)C(=O)Cc1cc(Nc2ncc3c(n2)SCN(c2c(Cl)cccc2Cl)C3=O)ccc1C1CCNCC1. The highest BCUT2D eigenvalue weighted by Gasteiger charge is 2.30. The topological polar surface area (TPSA) is 90.5 Å². The number of likely N-dealkylation sites (N-methyl/N-ethyl adjacent to an activating group) is 1. The van der Waals surface area contributed by atoms with Gasteiger partial charge >= 0.3 is 0 Å². The Morgan fingerprint density at radius 2 is 1.92 bits per heavy atom.